The van der Waals surface area contributed by atoms with Crippen LogP contribution in [0, 0.1) is 0 Å². The summed E-state index contributed by atoms with van der Waals surface area (Å²) in [4.78, 5) is 11.1. The molecule has 2 rings (SSSR count). The van der Waals surface area contributed by atoms with Crippen molar-refractivity contribution in [3.05, 3.63) is 10.5 Å². The Bertz CT molecular complexity index is 387. The van der Waals surface area contributed by atoms with E-state index in [-0.39, 0.29) is 17.0 Å². The van der Waals surface area contributed by atoms with Crippen LogP contribution in [0.3, 0.4) is 0 Å². The van der Waals surface area contributed by atoms with Gasteiger partial charge in [-0.2, -0.15) is 0 Å². The molecule has 0 unspecified atom stereocenters. The molecule has 1 saturated carbocycles. The Labute approximate surface area is 91.9 Å². The Kier molecular flexibility index (Phi) is 3.16. The number of nitrogens with zero attached hydrogens (tertiary/aromatic N) is 2. The molecule has 84 valence electrons. The van der Waals surface area contributed by atoms with Gasteiger partial charge in [-0.15, -0.1) is 5.10 Å². The van der Waals surface area contributed by atoms with Gasteiger partial charge in [0.1, 0.15) is 0 Å². The van der Waals surface area contributed by atoms with Crippen LogP contribution in [0.5, 0.6) is 0 Å². The van der Waals surface area contributed by atoms with E-state index in [4.69, 9.17) is 0 Å². The van der Waals surface area contributed by atoms with Crippen molar-refractivity contribution in [2.45, 2.75) is 42.2 Å². The maximum atomic E-state index is 11.1. The van der Waals surface area contributed by atoms with Gasteiger partial charge in [0.2, 0.25) is 0 Å². The maximum Gasteiger partial charge on any atom is 0.343 e. The Morgan fingerprint density at radius 3 is 2.87 bits per heavy atom. The third-order valence-corrected chi connectivity index (χ3v) is 4.19. The van der Waals surface area contributed by atoms with E-state index in [9.17, 15) is 9.90 Å². The average Bonchev–Trinajstić information content (AvgIpc) is 2.53. The highest BCUT2D eigenvalue weighted by Crippen LogP contribution is 2.32. The second-order valence-electron chi connectivity index (χ2n) is 3.88. The van der Waals surface area contributed by atoms with Crippen LogP contribution < -0.4 is 5.69 Å². The molecule has 1 heterocycles. The molecule has 1 aliphatic rings. The van der Waals surface area contributed by atoms with Crippen LogP contribution >= 0.6 is 11.8 Å². The molecule has 1 aromatic rings. The zero-order chi connectivity index (χ0) is 10.8. The molecular formula is C9H15N3O2S. The Morgan fingerprint density at radius 2 is 2.27 bits per heavy atom. The van der Waals surface area contributed by atoms with Crippen LogP contribution in [0.1, 0.15) is 25.7 Å². The molecule has 1 aromatic heterocycles. The number of nitrogens with one attached hydrogen (secondary N) is 1. The van der Waals surface area contributed by atoms with Crippen molar-refractivity contribution in [2.24, 2.45) is 7.05 Å². The monoisotopic (exact) mass is 229 g/mol. The van der Waals surface area contributed by atoms with Crippen molar-refractivity contribution in [1.29, 1.82) is 0 Å². The molecule has 0 saturated heterocycles. The molecule has 2 atom stereocenters. The number of aliphatic hydroxyl groups excluding tert-OH is 1. The highest BCUT2D eigenvalue weighted by molar-refractivity contribution is 7.99. The standard InChI is InChI=1S/C9H15N3O2S/c1-12-8(14)10-11-9(12)15-7-5-3-2-4-6(7)13/h6-7,13H,2-5H2,1H3,(H,10,14)/t6-,7-/m0/s1. The molecule has 1 aliphatic carbocycles. The van der Waals surface area contributed by atoms with E-state index in [1.54, 1.807) is 7.05 Å². The van der Waals surface area contributed by atoms with Gasteiger partial charge in [-0.25, -0.2) is 9.89 Å². The summed E-state index contributed by atoms with van der Waals surface area (Å²) in [5, 5.41) is 16.9. The number of aromatic nitrogens is 3. The molecule has 0 amide bonds. The second kappa shape index (κ2) is 4.40. The molecule has 0 aliphatic heterocycles. The van der Waals surface area contributed by atoms with Crippen LogP contribution in [0.15, 0.2) is 9.95 Å². The summed E-state index contributed by atoms with van der Waals surface area (Å²) in [6.45, 7) is 0. The first-order chi connectivity index (χ1) is 7.18. The van der Waals surface area contributed by atoms with Gasteiger partial charge in [0.25, 0.3) is 0 Å². The van der Waals surface area contributed by atoms with E-state index in [0.29, 0.717) is 5.16 Å². The van der Waals surface area contributed by atoms with Crippen molar-refractivity contribution in [2.75, 3.05) is 0 Å². The van der Waals surface area contributed by atoms with Gasteiger partial charge in [0.05, 0.1) is 6.10 Å². The van der Waals surface area contributed by atoms with Crippen molar-refractivity contribution < 1.29 is 5.11 Å². The number of hydrogen-bond donors (Lipinski definition) is 2. The summed E-state index contributed by atoms with van der Waals surface area (Å²) >= 11 is 1.49. The number of aliphatic hydroxyl groups is 1. The van der Waals surface area contributed by atoms with Gasteiger partial charge < -0.3 is 5.11 Å². The fourth-order valence-electron chi connectivity index (χ4n) is 1.79. The summed E-state index contributed by atoms with van der Waals surface area (Å²) in [6.07, 6.45) is 3.82. The minimum Gasteiger partial charge on any atom is -0.392 e. The van der Waals surface area contributed by atoms with Crippen LogP contribution in [0.2, 0.25) is 0 Å². The summed E-state index contributed by atoms with van der Waals surface area (Å²) in [7, 11) is 1.68. The lowest BCUT2D eigenvalue weighted by molar-refractivity contribution is 0.137. The molecule has 2 N–H and O–H groups in total. The number of thioether (sulfide) groups is 1. The van der Waals surface area contributed by atoms with E-state index < -0.39 is 0 Å². The summed E-state index contributed by atoms with van der Waals surface area (Å²) in [5.74, 6) is 0. The summed E-state index contributed by atoms with van der Waals surface area (Å²) < 4.78 is 1.48. The number of aromatic amines is 1. The van der Waals surface area contributed by atoms with Gasteiger partial charge in [0.15, 0.2) is 5.16 Å². The highest BCUT2D eigenvalue weighted by Gasteiger charge is 2.25. The zero-order valence-electron chi connectivity index (χ0n) is 8.64. The number of hydrogen-bond acceptors (Lipinski definition) is 4. The molecular weight excluding hydrogens is 214 g/mol. The van der Waals surface area contributed by atoms with E-state index in [1.807, 2.05) is 0 Å². The molecule has 0 spiro atoms. The lowest BCUT2D eigenvalue weighted by Gasteiger charge is -2.26. The molecule has 0 bridgehead atoms. The van der Waals surface area contributed by atoms with Crippen molar-refractivity contribution >= 4 is 11.8 Å². The van der Waals surface area contributed by atoms with Gasteiger partial charge in [-0.05, 0) is 12.8 Å². The molecule has 0 aromatic carbocycles. The van der Waals surface area contributed by atoms with Crippen LogP contribution in [-0.4, -0.2) is 31.2 Å². The topological polar surface area (TPSA) is 70.9 Å². The first-order valence-corrected chi connectivity index (χ1v) is 6.02. The SMILES string of the molecule is Cn1c(S[C@H]2CCCC[C@@H]2O)n[nH]c1=O. The minimum atomic E-state index is -0.268. The van der Waals surface area contributed by atoms with Gasteiger partial charge in [0, 0.05) is 12.3 Å². The van der Waals surface area contributed by atoms with Crippen LogP contribution in [-0.2, 0) is 7.05 Å². The molecule has 1 fully saturated rings. The summed E-state index contributed by atoms with van der Waals surface area (Å²) in [6, 6.07) is 0. The van der Waals surface area contributed by atoms with Crippen molar-refractivity contribution in [3.63, 3.8) is 0 Å². The second-order valence-corrected chi connectivity index (χ2v) is 5.08. The maximum absolute atomic E-state index is 11.1. The third-order valence-electron chi connectivity index (χ3n) is 2.76. The van der Waals surface area contributed by atoms with E-state index in [0.717, 1.165) is 25.7 Å². The quantitative estimate of drug-likeness (QED) is 0.775. The highest BCUT2D eigenvalue weighted by atomic mass is 32.2. The predicted octanol–water partition coefficient (Wildman–Crippen LogP) is 0.504. The smallest absolute Gasteiger partial charge is 0.343 e. The first kappa shape index (κ1) is 10.8. The van der Waals surface area contributed by atoms with Crippen molar-refractivity contribution in [1.82, 2.24) is 14.8 Å². The minimum absolute atomic E-state index is 0.174. The Hall–Kier alpha value is -0.750. The van der Waals surface area contributed by atoms with Gasteiger partial charge in [-0.3, -0.25) is 4.57 Å². The third kappa shape index (κ3) is 2.26. The van der Waals surface area contributed by atoms with E-state index in [2.05, 4.69) is 10.2 Å². The normalized spacial score (nSPS) is 26.8. The van der Waals surface area contributed by atoms with Gasteiger partial charge >= 0.3 is 5.69 Å². The largest absolute Gasteiger partial charge is 0.392 e. The Balaban J connectivity index is 2.07. The Morgan fingerprint density at radius 1 is 1.53 bits per heavy atom. The fourth-order valence-corrected chi connectivity index (χ4v) is 2.98. The van der Waals surface area contributed by atoms with Crippen molar-refractivity contribution in [3.8, 4) is 0 Å². The average molecular weight is 229 g/mol. The molecule has 0 radical (unpaired) electrons. The predicted molar refractivity (Wildman–Crippen MR) is 57.9 cm³/mol. The van der Waals surface area contributed by atoms with Gasteiger partial charge in [-0.1, -0.05) is 24.6 Å². The lowest BCUT2D eigenvalue weighted by Crippen LogP contribution is -2.27. The zero-order valence-corrected chi connectivity index (χ0v) is 9.46. The van der Waals surface area contributed by atoms with Crippen LogP contribution in [0.4, 0.5) is 0 Å². The number of H-pyrrole nitrogens is 1. The lowest BCUT2D eigenvalue weighted by atomic mass is 9.97. The molecule has 6 heteroatoms. The first-order valence-electron chi connectivity index (χ1n) is 5.14. The molecule has 15 heavy (non-hydrogen) atoms. The number of rotatable bonds is 2. The van der Waals surface area contributed by atoms with E-state index in [1.165, 1.54) is 16.3 Å². The molecule has 5 nitrogen and oxygen atoms in total. The fraction of sp³-hybridized carbons (Fsp3) is 0.778. The summed E-state index contributed by atoms with van der Waals surface area (Å²) in [5.41, 5.74) is -0.206. The van der Waals surface area contributed by atoms with Crippen LogP contribution in [0.25, 0.3) is 0 Å². The van der Waals surface area contributed by atoms with E-state index >= 15 is 0 Å².